The maximum absolute atomic E-state index is 14.4. The van der Waals surface area contributed by atoms with Crippen molar-refractivity contribution >= 4 is 22.2 Å². The fourth-order valence-corrected chi connectivity index (χ4v) is 8.19. The van der Waals surface area contributed by atoms with Crippen molar-refractivity contribution < 1.29 is 51.5 Å². The first-order valence-electron chi connectivity index (χ1n) is 16.6. The Morgan fingerprint density at radius 1 is 1.06 bits per heavy atom. The third-order valence-corrected chi connectivity index (χ3v) is 10.9. The van der Waals surface area contributed by atoms with E-state index >= 15 is 0 Å². The van der Waals surface area contributed by atoms with Gasteiger partial charge in [0, 0.05) is 19.6 Å². The number of hydrogen-bond acceptors (Lipinski definition) is 11. The zero-order valence-electron chi connectivity index (χ0n) is 28.2. The van der Waals surface area contributed by atoms with E-state index in [1.54, 1.807) is 12.1 Å². The molecule has 0 spiro atoms. The van der Waals surface area contributed by atoms with Crippen LogP contribution in [0.1, 0.15) is 45.1 Å². The van der Waals surface area contributed by atoms with Gasteiger partial charge in [-0.1, -0.05) is 56.7 Å². The number of sulfonamides is 1. The molecule has 0 unspecified atom stereocenters. The number of carbonyl (C=O) groups excluding carboxylic acids is 2. The van der Waals surface area contributed by atoms with Crippen molar-refractivity contribution in [2.45, 2.75) is 75.4 Å². The Morgan fingerprint density at radius 2 is 1.86 bits per heavy atom. The van der Waals surface area contributed by atoms with Gasteiger partial charge in [-0.2, -0.15) is 4.31 Å². The number of alkyl carbamates (subject to hydrolysis) is 2. The van der Waals surface area contributed by atoms with Crippen LogP contribution < -0.4 is 20.1 Å². The van der Waals surface area contributed by atoms with Crippen molar-refractivity contribution in [1.82, 2.24) is 14.9 Å². The smallest absolute Gasteiger partial charge is 0.407 e. The topological polar surface area (TPSA) is 171 Å². The highest BCUT2D eigenvalue weighted by atomic mass is 32.2. The van der Waals surface area contributed by atoms with Crippen LogP contribution in [-0.2, 0) is 35.4 Å². The van der Waals surface area contributed by atoms with Crippen molar-refractivity contribution in [1.29, 1.82) is 0 Å². The molecule has 5 atom stereocenters. The van der Waals surface area contributed by atoms with Gasteiger partial charge in [-0.15, -0.1) is 0 Å². The molecular weight excluding hydrogens is 658 g/mol. The van der Waals surface area contributed by atoms with Crippen molar-refractivity contribution in [3.8, 4) is 11.5 Å². The highest BCUT2D eigenvalue weighted by molar-refractivity contribution is 7.89. The van der Waals surface area contributed by atoms with Gasteiger partial charge in [-0.25, -0.2) is 18.0 Å². The summed E-state index contributed by atoms with van der Waals surface area (Å²) in [6, 6.07) is 13.1. The van der Waals surface area contributed by atoms with E-state index in [0.29, 0.717) is 44.6 Å². The fraction of sp³-hybridized carbons (Fsp3) is 0.588. The van der Waals surface area contributed by atoms with Crippen LogP contribution in [0.25, 0.3) is 0 Å². The SMILES string of the molecule is COC(=O)NCCCCC(C)(C)CN(C[C@@H](O)[C@H](Cc1ccccc1)NC(=O)O[C@H]1CO[C@H]2OCC[C@H]21)S(=O)(=O)c1cccc2c1OCO2. The lowest BCUT2D eigenvalue weighted by Crippen LogP contribution is -2.52. The van der Waals surface area contributed by atoms with Crippen molar-refractivity contribution in [3.05, 3.63) is 54.1 Å². The average Bonchev–Trinajstić information content (AvgIpc) is 3.83. The number of aliphatic hydroxyl groups excluding tert-OH is 1. The lowest BCUT2D eigenvalue weighted by molar-refractivity contribution is -0.0907. The molecule has 0 bridgehead atoms. The molecule has 270 valence electrons. The van der Waals surface area contributed by atoms with Crippen LogP contribution in [0.2, 0.25) is 0 Å². The molecule has 2 aromatic rings. The monoisotopic (exact) mass is 705 g/mol. The number of hydrogen-bond donors (Lipinski definition) is 3. The Kier molecular flexibility index (Phi) is 12.3. The van der Waals surface area contributed by atoms with Gasteiger partial charge in [0.1, 0.15) is 11.0 Å². The summed E-state index contributed by atoms with van der Waals surface area (Å²) in [5.74, 6) is 0.362. The number of aliphatic hydroxyl groups is 1. The van der Waals surface area contributed by atoms with Gasteiger partial charge < -0.3 is 44.2 Å². The first-order chi connectivity index (χ1) is 23.5. The Morgan fingerprint density at radius 3 is 2.63 bits per heavy atom. The van der Waals surface area contributed by atoms with Gasteiger partial charge in [-0.05, 0) is 48.8 Å². The summed E-state index contributed by atoms with van der Waals surface area (Å²) in [6.45, 7) is 4.66. The third kappa shape index (κ3) is 9.54. The number of carbonyl (C=O) groups is 2. The summed E-state index contributed by atoms with van der Waals surface area (Å²) in [7, 11) is -2.95. The Hall–Kier alpha value is -3.63. The molecule has 2 fully saturated rings. The molecule has 2 saturated heterocycles. The molecule has 0 radical (unpaired) electrons. The minimum atomic E-state index is -4.25. The van der Waals surface area contributed by atoms with Crippen LogP contribution in [0.15, 0.2) is 53.4 Å². The fourth-order valence-electron chi connectivity index (χ4n) is 6.40. The molecule has 49 heavy (non-hydrogen) atoms. The summed E-state index contributed by atoms with van der Waals surface area (Å²) in [4.78, 5) is 24.6. The molecular formula is C34H47N3O11S. The number of para-hydroxylation sites is 1. The summed E-state index contributed by atoms with van der Waals surface area (Å²) in [5, 5.41) is 17.3. The van der Waals surface area contributed by atoms with E-state index in [4.69, 9.17) is 23.7 Å². The van der Waals surface area contributed by atoms with Gasteiger partial charge >= 0.3 is 12.2 Å². The quantitative estimate of drug-likeness (QED) is 0.219. The van der Waals surface area contributed by atoms with Crippen LogP contribution in [-0.4, -0.2) is 101 Å². The first kappa shape index (κ1) is 36.6. The number of amides is 2. The molecule has 2 aromatic carbocycles. The second kappa shape index (κ2) is 16.4. The summed E-state index contributed by atoms with van der Waals surface area (Å²) >= 11 is 0. The van der Waals surface area contributed by atoms with E-state index in [9.17, 15) is 23.1 Å². The van der Waals surface area contributed by atoms with Gasteiger partial charge in [0.05, 0.1) is 38.4 Å². The number of nitrogens with zero attached hydrogens (tertiary/aromatic N) is 1. The second-order valence-electron chi connectivity index (χ2n) is 13.3. The van der Waals surface area contributed by atoms with E-state index in [-0.39, 0.29) is 49.5 Å². The molecule has 3 N–H and O–H groups in total. The van der Waals surface area contributed by atoms with Gasteiger partial charge in [-0.3, -0.25) is 0 Å². The Bertz CT molecular complexity index is 1520. The van der Waals surface area contributed by atoms with Crippen molar-refractivity contribution in [2.75, 3.05) is 46.8 Å². The first-order valence-corrected chi connectivity index (χ1v) is 18.0. The molecule has 15 heteroatoms. The normalized spacial score (nSPS) is 21.2. The van der Waals surface area contributed by atoms with Gasteiger partial charge in [0.2, 0.25) is 16.8 Å². The molecule has 0 aromatic heterocycles. The Balaban J connectivity index is 1.35. The molecule has 0 saturated carbocycles. The van der Waals surface area contributed by atoms with Gasteiger partial charge in [0.15, 0.2) is 17.8 Å². The average molecular weight is 706 g/mol. The zero-order valence-corrected chi connectivity index (χ0v) is 29.0. The number of benzene rings is 2. The number of unbranched alkanes of at least 4 members (excludes halogenated alkanes) is 1. The molecule has 5 rings (SSSR count). The highest BCUT2D eigenvalue weighted by Crippen LogP contribution is 2.40. The van der Waals surface area contributed by atoms with E-state index in [1.165, 1.54) is 17.5 Å². The molecule has 3 aliphatic rings. The summed E-state index contributed by atoms with van der Waals surface area (Å²) < 4.78 is 62.6. The number of nitrogens with one attached hydrogen (secondary N) is 2. The molecule has 3 heterocycles. The minimum absolute atomic E-state index is 0.0479. The number of rotatable bonds is 16. The van der Waals surface area contributed by atoms with E-state index in [0.717, 1.165) is 5.56 Å². The lowest BCUT2D eigenvalue weighted by atomic mass is 9.87. The predicted octanol–water partition coefficient (Wildman–Crippen LogP) is 3.42. The van der Waals surface area contributed by atoms with E-state index in [2.05, 4.69) is 15.4 Å². The van der Waals surface area contributed by atoms with Crippen LogP contribution in [0.3, 0.4) is 0 Å². The van der Waals surface area contributed by atoms with E-state index < -0.39 is 52.2 Å². The summed E-state index contributed by atoms with van der Waals surface area (Å²) in [5.41, 5.74) is 0.291. The zero-order chi connectivity index (χ0) is 35.0. The molecule has 3 aliphatic heterocycles. The van der Waals surface area contributed by atoms with Crippen LogP contribution >= 0.6 is 0 Å². The highest BCUT2D eigenvalue weighted by Gasteiger charge is 2.44. The van der Waals surface area contributed by atoms with Crippen molar-refractivity contribution in [3.63, 3.8) is 0 Å². The second-order valence-corrected chi connectivity index (χ2v) is 15.2. The Labute approximate surface area is 287 Å². The maximum Gasteiger partial charge on any atom is 0.407 e. The largest absolute Gasteiger partial charge is 0.454 e. The van der Waals surface area contributed by atoms with Crippen molar-refractivity contribution in [2.24, 2.45) is 11.3 Å². The van der Waals surface area contributed by atoms with E-state index in [1.807, 2.05) is 44.2 Å². The summed E-state index contributed by atoms with van der Waals surface area (Å²) in [6.07, 6.45) is -0.560. The number of fused-ring (bicyclic) bond motifs is 2. The lowest BCUT2D eigenvalue weighted by Gasteiger charge is -2.35. The predicted molar refractivity (Wildman–Crippen MR) is 177 cm³/mol. The molecule has 14 nitrogen and oxygen atoms in total. The number of methoxy groups -OCH3 is 1. The van der Waals surface area contributed by atoms with Crippen LogP contribution in [0.4, 0.5) is 9.59 Å². The standard InChI is InChI=1S/C34H47N3O11S/c1-34(2,15-7-8-16-35-32(39)43-3)21-37(49(41,42)29-13-9-12-27-30(29)47-22-46-27)19-26(38)25(18-23-10-5-4-6-11-23)36-33(40)48-28-20-45-31-24(28)14-17-44-31/h4-6,9-13,24-26,28,31,38H,7-8,14-22H2,1-3H3,(H,35,39)(H,36,40)/t24-,25-,26+,28-,31+/m0/s1. The minimum Gasteiger partial charge on any atom is -0.454 e. The van der Waals surface area contributed by atoms with Crippen LogP contribution in [0.5, 0.6) is 11.5 Å². The maximum atomic E-state index is 14.4. The molecule has 0 aliphatic carbocycles. The molecule has 2 amide bonds. The third-order valence-electron chi connectivity index (χ3n) is 9.02. The van der Waals surface area contributed by atoms with Gasteiger partial charge in [0.25, 0.3) is 0 Å². The number of ether oxygens (including phenoxy) is 6. The van der Waals surface area contributed by atoms with Crippen LogP contribution in [0, 0.1) is 11.3 Å².